The summed E-state index contributed by atoms with van der Waals surface area (Å²) in [5.41, 5.74) is 0.619. The second kappa shape index (κ2) is 6.93. The van der Waals surface area contributed by atoms with Crippen LogP contribution in [0.3, 0.4) is 0 Å². The van der Waals surface area contributed by atoms with Crippen molar-refractivity contribution in [3.8, 4) is 6.07 Å². The Labute approximate surface area is 131 Å². The summed E-state index contributed by atoms with van der Waals surface area (Å²) in [6, 6.07) is 2.47. The zero-order valence-corrected chi connectivity index (χ0v) is 12.9. The van der Waals surface area contributed by atoms with E-state index >= 15 is 0 Å². The molecule has 1 aromatic heterocycles. The molecule has 0 spiro atoms. The van der Waals surface area contributed by atoms with Crippen LogP contribution in [0.2, 0.25) is 0 Å². The minimum absolute atomic E-state index is 0.319. The number of likely N-dealkylation sites (tertiary alicyclic amines) is 2. The molecule has 0 aliphatic carbocycles. The van der Waals surface area contributed by atoms with Gasteiger partial charge < -0.3 is 4.90 Å². The summed E-state index contributed by atoms with van der Waals surface area (Å²) < 4.78 is 1.91. The van der Waals surface area contributed by atoms with Gasteiger partial charge >= 0.3 is 0 Å². The number of nitriles is 1. The highest BCUT2D eigenvalue weighted by Crippen LogP contribution is 2.21. The topological polar surface area (TPSA) is 65.2 Å². The van der Waals surface area contributed by atoms with Crippen LogP contribution in [-0.4, -0.2) is 58.2 Å². The highest BCUT2D eigenvalue weighted by Gasteiger charge is 2.25. The van der Waals surface area contributed by atoms with Gasteiger partial charge in [-0.15, -0.1) is 0 Å². The Hall–Kier alpha value is -1.87. The number of hydrogen-bond donors (Lipinski definition) is 0. The smallest absolute Gasteiger partial charge is 0.222 e. The predicted octanol–water partition coefficient (Wildman–Crippen LogP) is 1.40. The van der Waals surface area contributed by atoms with Crippen molar-refractivity contribution >= 4 is 5.91 Å². The van der Waals surface area contributed by atoms with Crippen LogP contribution < -0.4 is 0 Å². The molecule has 0 aromatic carbocycles. The van der Waals surface area contributed by atoms with E-state index in [0.717, 1.165) is 52.0 Å². The molecule has 1 atom stereocenters. The molecule has 3 rings (SSSR count). The Morgan fingerprint density at radius 2 is 2.18 bits per heavy atom. The van der Waals surface area contributed by atoms with E-state index in [1.807, 2.05) is 15.8 Å². The van der Waals surface area contributed by atoms with Crippen molar-refractivity contribution < 1.29 is 4.79 Å². The van der Waals surface area contributed by atoms with E-state index in [4.69, 9.17) is 5.26 Å². The normalized spacial score (nSPS) is 23.5. The molecule has 1 unspecified atom stereocenters. The lowest BCUT2D eigenvalue weighted by Crippen LogP contribution is -2.37. The third-order valence-electron chi connectivity index (χ3n) is 4.71. The highest BCUT2D eigenvalue weighted by molar-refractivity contribution is 5.76. The first kappa shape index (κ1) is 15.0. The lowest BCUT2D eigenvalue weighted by atomic mass is 10.2. The van der Waals surface area contributed by atoms with Crippen LogP contribution >= 0.6 is 0 Å². The number of nitrogens with zero attached hydrogens (tertiary/aromatic N) is 5. The first-order chi connectivity index (χ1) is 10.8. The zero-order valence-electron chi connectivity index (χ0n) is 12.9. The van der Waals surface area contributed by atoms with Crippen molar-refractivity contribution in [3.05, 3.63) is 18.0 Å². The summed E-state index contributed by atoms with van der Waals surface area (Å²) in [6.45, 7) is 4.69. The molecule has 2 aliphatic heterocycles. The molecule has 0 N–H and O–H groups in total. The SMILES string of the molecule is N#Cc1cnn(C2CCN(CCN3CCCCCC3=O)C2)c1. The van der Waals surface area contributed by atoms with Crippen LogP contribution in [0.25, 0.3) is 0 Å². The molecule has 0 radical (unpaired) electrons. The summed E-state index contributed by atoms with van der Waals surface area (Å²) in [4.78, 5) is 16.4. The van der Waals surface area contributed by atoms with E-state index in [0.29, 0.717) is 23.9 Å². The third-order valence-corrected chi connectivity index (χ3v) is 4.71. The van der Waals surface area contributed by atoms with Crippen LogP contribution in [0.1, 0.15) is 43.7 Å². The lowest BCUT2D eigenvalue weighted by molar-refractivity contribution is -0.130. The van der Waals surface area contributed by atoms with Gasteiger partial charge in [0.2, 0.25) is 5.91 Å². The Kier molecular flexibility index (Phi) is 4.74. The van der Waals surface area contributed by atoms with Gasteiger partial charge in [-0.1, -0.05) is 6.42 Å². The fraction of sp³-hybridized carbons (Fsp3) is 0.688. The molecule has 6 nitrogen and oxygen atoms in total. The molecule has 0 bridgehead atoms. The van der Waals surface area contributed by atoms with Gasteiger partial charge in [0.05, 0.1) is 17.8 Å². The summed E-state index contributed by atoms with van der Waals surface area (Å²) >= 11 is 0. The van der Waals surface area contributed by atoms with Gasteiger partial charge in [-0.05, 0) is 19.3 Å². The van der Waals surface area contributed by atoms with E-state index in [1.54, 1.807) is 6.20 Å². The second-order valence-corrected chi connectivity index (χ2v) is 6.26. The summed E-state index contributed by atoms with van der Waals surface area (Å²) in [6.07, 6.45) is 8.58. The average Bonchev–Trinajstić information content (AvgIpc) is 3.14. The summed E-state index contributed by atoms with van der Waals surface area (Å²) in [5, 5.41) is 13.2. The molecule has 1 amide bonds. The molecule has 6 heteroatoms. The molecular formula is C16H23N5O. The van der Waals surface area contributed by atoms with Crippen molar-refractivity contribution in [3.63, 3.8) is 0 Å². The number of amides is 1. The van der Waals surface area contributed by atoms with E-state index in [1.165, 1.54) is 6.42 Å². The van der Waals surface area contributed by atoms with E-state index in [9.17, 15) is 4.79 Å². The quantitative estimate of drug-likeness (QED) is 0.843. The fourth-order valence-corrected chi connectivity index (χ4v) is 3.36. The molecule has 2 aliphatic rings. The minimum Gasteiger partial charge on any atom is -0.341 e. The highest BCUT2D eigenvalue weighted by atomic mass is 16.2. The number of rotatable bonds is 4. The summed E-state index contributed by atoms with van der Waals surface area (Å²) in [5.74, 6) is 0.319. The van der Waals surface area contributed by atoms with Gasteiger partial charge in [0.15, 0.2) is 0 Å². The Bertz CT molecular complexity index is 561. The van der Waals surface area contributed by atoms with Crippen molar-refractivity contribution in [2.75, 3.05) is 32.7 Å². The van der Waals surface area contributed by atoms with Crippen molar-refractivity contribution in [1.82, 2.24) is 19.6 Å². The average molecular weight is 301 g/mol. The Balaban J connectivity index is 1.48. The zero-order chi connectivity index (χ0) is 15.4. The van der Waals surface area contributed by atoms with E-state index in [-0.39, 0.29) is 0 Å². The fourth-order valence-electron chi connectivity index (χ4n) is 3.36. The molecule has 2 fully saturated rings. The maximum atomic E-state index is 12.0. The minimum atomic E-state index is 0.319. The van der Waals surface area contributed by atoms with Crippen LogP contribution in [0.5, 0.6) is 0 Å². The van der Waals surface area contributed by atoms with Crippen LogP contribution in [-0.2, 0) is 4.79 Å². The maximum absolute atomic E-state index is 12.0. The lowest BCUT2D eigenvalue weighted by Gasteiger charge is -2.24. The van der Waals surface area contributed by atoms with Crippen molar-refractivity contribution in [2.24, 2.45) is 0 Å². The molecule has 1 aromatic rings. The van der Waals surface area contributed by atoms with Gasteiger partial charge in [0.1, 0.15) is 6.07 Å². The molecular weight excluding hydrogens is 278 g/mol. The van der Waals surface area contributed by atoms with Crippen LogP contribution in [0.4, 0.5) is 0 Å². The van der Waals surface area contributed by atoms with Gasteiger partial charge in [-0.2, -0.15) is 10.4 Å². The first-order valence-electron chi connectivity index (χ1n) is 8.20. The van der Waals surface area contributed by atoms with E-state index in [2.05, 4.69) is 16.1 Å². The van der Waals surface area contributed by atoms with Gasteiger partial charge in [-0.3, -0.25) is 14.4 Å². The van der Waals surface area contributed by atoms with Crippen molar-refractivity contribution in [2.45, 2.75) is 38.1 Å². The first-order valence-corrected chi connectivity index (χ1v) is 8.20. The third kappa shape index (κ3) is 3.47. The van der Waals surface area contributed by atoms with Crippen molar-refractivity contribution in [1.29, 1.82) is 5.26 Å². The number of carbonyl (C=O) groups excluding carboxylic acids is 1. The number of hydrogen-bond acceptors (Lipinski definition) is 4. The summed E-state index contributed by atoms with van der Waals surface area (Å²) in [7, 11) is 0. The Morgan fingerprint density at radius 1 is 1.27 bits per heavy atom. The largest absolute Gasteiger partial charge is 0.341 e. The Morgan fingerprint density at radius 3 is 3.00 bits per heavy atom. The second-order valence-electron chi connectivity index (χ2n) is 6.26. The number of aromatic nitrogens is 2. The van der Waals surface area contributed by atoms with Crippen LogP contribution in [0, 0.1) is 11.3 Å². The van der Waals surface area contributed by atoms with E-state index < -0.39 is 0 Å². The van der Waals surface area contributed by atoms with Gasteiger partial charge in [0.25, 0.3) is 0 Å². The number of carbonyl (C=O) groups is 1. The molecule has 0 saturated carbocycles. The maximum Gasteiger partial charge on any atom is 0.222 e. The predicted molar refractivity (Wildman–Crippen MR) is 82.1 cm³/mol. The molecule has 3 heterocycles. The van der Waals surface area contributed by atoms with Crippen LogP contribution in [0.15, 0.2) is 12.4 Å². The molecule has 22 heavy (non-hydrogen) atoms. The van der Waals surface area contributed by atoms with Gasteiger partial charge in [-0.25, -0.2) is 0 Å². The monoisotopic (exact) mass is 301 g/mol. The molecule has 118 valence electrons. The molecule has 2 saturated heterocycles. The van der Waals surface area contributed by atoms with Gasteiger partial charge in [0, 0.05) is 45.3 Å². The standard InChI is InChI=1S/C16H23N5O/c17-10-14-11-18-21(12-14)15-5-7-19(13-15)8-9-20-6-3-1-2-4-16(20)22/h11-12,15H,1-9,13H2.